The quantitative estimate of drug-likeness (QED) is 0.345. The van der Waals surface area contributed by atoms with Gasteiger partial charge < -0.3 is 20.1 Å². The smallest absolute Gasteiger partial charge is 0.406 e. The lowest BCUT2D eigenvalue weighted by molar-refractivity contribution is -0.274. The minimum absolute atomic E-state index is 0.00737. The lowest BCUT2D eigenvalue weighted by atomic mass is 10.0. The second-order valence-corrected chi connectivity index (χ2v) is 12.9. The lowest BCUT2D eigenvalue weighted by Crippen LogP contribution is -2.60. The molecule has 0 unspecified atom stereocenters. The molecule has 1 aliphatic heterocycles. The molecule has 2 aromatic carbocycles. The predicted octanol–water partition coefficient (Wildman–Crippen LogP) is 4.30. The van der Waals surface area contributed by atoms with Crippen LogP contribution in [-0.4, -0.2) is 60.8 Å². The van der Waals surface area contributed by atoms with Gasteiger partial charge in [0.05, 0.1) is 22.1 Å². The van der Waals surface area contributed by atoms with Crippen LogP contribution in [0.4, 0.5) is 18.3 Å². The normalized spacial score (nSPS) is 16.5. The largest absolute Gasteiger partial charge is 0.573 e. The summed E-state index contributed by atoms with van der Waals surface area (Å²) in [5.41, 5.74) is 3.75. The van der Waals surface area contributed by atoms with Gasteiger partial charge in [0.25, 0.3) is 0 Å². The summed E-state index contributed by atoms with van der Waals surface area (Å²) in [7, 11) is -4.28. The van der Waals surface area contributed by atoms with E-state index >= 15 is 0 Å². The van der Waals surface area contributed by atoms with Gasteiger partial charge in [-0.05, 0) is 61.2 Å². The summed E-state index contributed by atoms with van der Waals surface area (Å²) in [4.78, 5) is 20.3. The number of alkyl halides is 3. The predicted molar refractivity (Wildman–Crippen MR) is 153 cm³/mol. The van der Waals surface area contributed by atoms with Crippen LogP contribution in [-0.2, 0) is 34.4 Å². The summed E-state index contributed by atoms with van der Waals surface area (Å²) >= 11 is 1.27. The Morgan fingerprint density at radius 2 is 1.88 bits per heavy atom. The van der Waals surface area contributed by atoms with E-state index in [0.29, 0.717) is 15.7 Å². The van der Waals surface area contributed by atoms with E-state index in [4.69, 9.17) is 0 Å². The van der Waals surface area contributed by atoms with Crippen molar-refractivity contribution in [1.29, 1.82) is 0 Å². The van der Waals surface area contributed by atoms with E-state index in [-0.39, 0.29) is 37.7 Å². The number of nitrogens with one attached hydrogen (secondary N) is 1. The molecule has 3 aromatic rings. The highest BCUT2D eigenvalue weighted by molar-refractivity contribution is 7.89. The third kappa shape index (κ3) is 7.41. The fourth-order valence-corrected chi connectivity index (χ4v) is 7.31. The zero-order valence-corrected chi connectivity index (χ0v) is 25.1. The fourth-order valence-electron chi connectivity index (χ4n) is 4.79. The first-order valence-corrected chi connectivity index (χ1v) is 15.6. The zero-order chi connectivity index (χ0) is 30.7. The van der Waals surface area contributed by atoms with Gasteiger partial charge in [-0.1, -0.05) is 42.9 Å². The second kappa shape index (κ2) is 13.0. The molecular formula is C28H33F3N4O5S2. The molecule has 2 N–H and O–H groups in total. The molecule has 1 aliphatic rings. The van der Waals surface area contributed by atoms with Gasteiger partial charge in [0.15, 0.2) is 5.13 Å². The van der Waals surface area contributed by atoms with E-state index in [2.05, 4.69) is 28.0 Å². The summed E-state index contributed by atoms with van der Waals surface area (Å²) in [6.45, 7) is 5.95. The highest BCUT2D eigenvalue weighted by Gasteiger charge is 2.41. The molecule has 1 amide bonds. The summed E-state index contributed by atoms with van der Waals surface area (Å²) < 4.78 is 70.1. The molecule has 1 aromatic heterocycles. The SMILES string of the molecule is CCCc1ccc(CNC(=O)[C@H]2CN(c3nc(C)c(CO)s3)CCN2S(=O)(=O)c2ccc(OC(F)(F)F)cc2)c(C)c1. The Labute approximate surface area is 247 Å². The molecule has 0 saturated carbocycles. The van der Waals surface area contributed by atoms with Crippen LogP contribution in [0.3, 0.4) is 0 Å². The number of nitrogens with zero attached hydrogens (tertiary/aromatic N) is 3. The van der Waals surface area contributed by atoms with Gasteiger partial charge in [-0.25, -0.2) is 13.4 Å². The molecule has 0 spiro atoms. The van der Waals surface area contributed by atoms with Crippen LogP contribution in [0.15, 0.2) is 47.4 Å². The van der Waals surface area contributed by atoms with Crippen LogP contribution in [0.5, 0.6) is 5.75 Å². The number of anilines is 1. The Bertz CT molecular complexity index is 1510. The van der Waals surface area contributed by atoms with E-state index in [1.54, 1.807) is 11.8 Å². The first-order chi connectivity index (χ1) is 19.8. The number of thiazole rings is 1. The van der Waals surface area contributed by atoms with Gasteiger partial charge in [-0.3, -0.25) is 4.79 Å². The number of amides is 1. The molecular weight excluding hydrogens is 593 g/mol. The van der Waals surface area contributed by atoms with E-state index in [1.807, 2.05) is 19.1 Å². The van der Waals surface area contributed by atoms with E-state index in [1.165, 1.54) is 16.9 Å². The minimum Gasteiger partial charge on any atom is -0.406 e. The number of rotatable bonds is 10. The third-order valence-corrected chi connectivity index (χ3v) is 10.1. The van der Waals surface area contributed by atoms with Crippen molar-refractivity contribution >= 4 is 32.4 Å². The minimum atomic E-state index is -4.92. The number of carbonyl (C=O) groups is 1. The highest BCUT2D eigenvalue weighted by Crippen LogP contribution is 2.31. The van der Waals surface area contributed by atoms with Gasteiger partial charge in [-0.2, -0.15) is 4.31 Å². The molecule has 1 fully saturated rings. The number of aliphatic hydroxyl groups excluding tert-OH is 1. The highest BCUT2D eigenvalue weighted by atomic mass is 32.2. The van der Waals surface area contributed by atoms with Gasteiger partial charge in [0.1, 0.15) is 11.8 Å². The topological polar surface area (TPSA) is 112 Å². The van der Waals surface area contributed by atoms with Crippen LogP contribution < -0.4 is 15.0 Å². The van der Waals surface area contributed by atoms with E-state index in [0.717, 1.165) is 52.5 Å². The standard InChI is InChI=1S/C28H33F3N4O5S2/c1-4-5-20-6-7-21(18(2)14-20)15-32-26(37)24-16-34(27-33-19(3)25(17-36)41-27)12-13-35(24)42(38,39)23-10-8-22(9-11-23)40-28(29,30)31/h6-11,14,24,36H,4-5,12-13,15-17H2,1-3H3,(H,32,37)/t24-/m1/s1. The first kappa shape index (κ1) is 31.7. The molecule has 0 bridgehead atoms. The van der Waals surface area contributed by atoms with Crippen LogP contribution in [0.2, 0.25) is 0 Å². The number of ether oxygens (including phenoxy) is 1. The summed E-state index contributed by atoms with van der Waals surface area (Å²) in [6.07, 6.45) is -2.97. The maximum absolute atomic E-state index is 13.7. The zero-order valence-electron chi connectivity index (χ0n) is 23.4. The van der Waals surface area contributed by atoms with Crippen molar-refractivity contribution in [2.75, 3.05) is 24.5 Å². The number of aromatic nitrogens is 1. The van der Waals surface area contributed by atoms with Crippen molar-refractivity contribution in [1.82, 2.24) is 14.6 Å². The first-order valence-electron chi connectivity index (χ1n) is 13.4. The Kier molecular flexibility index (Phi) is 9.81. The number of benzene rings is 2. The molecule has 4 rings (SSSR count). The monoisotopic (exact) mass is 626 g/mol. The van der Waals surface area contributed by atoms with Gasteiger partial charge in [0.2, 0.25) is 15.9 Å². The van der Waals surface area contributed by atoms with Crippen molar-refractivity contribution in [2.24, 2.45) is 0 Å². The van der Waals surface area contributed by atoms with E-state index in [9.17, 15) is 31.5 Å². The van der Waals surface area contributed by atoms with Gasteiger partial charge in [-0.15, -0.1) is 13.2 Å². The average molecular weight is 627 g/mol. The Morgan fingerprint density at radius 1 is 1.17 bits per heavy atom. The van der Waals surface area contributed by atoms with Crippen molar-refractivity contribution in [2.45, 2.75) is 64.1 Å². The number of hydrogen-bond acceptors (Lipinski definition) is 8. The summed E-state index contributed by atoms with van der Waals surface area (Å²) in [5.74, 6) is -1.08. The molecule has 0 aliphatic carbocycles. The Balaban J connectivity index is 1.59. The molecule has 42 heavy (non-hydrogen) atoms. The van der Waals surface area contributed by atoms with Crippen molar-refractivity contribution in [3.8, 4) is 5.75 Å². The number of aliphatic hydroxyl groups is 1. The molecule has 1 atom stereocenters. The average Bonchev–Trinajstić information content (AvgIpc) is 3.32. The van der Waals surface area contributed by atoms with Crippen LogP contribution >= 0.6 is 11.3 Å². The molecule has 9 nitrogen and oxygen atoms in total. The lowest BCUT2D eigenvalue weighted by Gasteiger charge is -2.39. The molecule has 2 heterocycles. The van der Waals surface area contributed by atoms with Crippen LogP contribution in [0.1, 0.15) is 40.6 Å². The van der Waals surface area contributed by atoms with Crippen LogP contribution in [0.25, 0.3) is 0 Å². The van der Waals surface area contributed by atoms with E-state index < -0.39 is 34.1 Å². The van der Waals surface area contributed by atoms with Crippen LogP contribution in [0, 0.1) is 13.8 Å². The van der Waals surface area contributed by atoms with Crippen molar-refractivity contribution in [3.05, 3.63) is 69.7 Å². The summed E-state index contributed by atoms with van der Waals surface area (Å²) in [5, 5.41) is 13.0. The summed E-state index contributed by atoms with van der Waals surface area (Å²) in [6, 6.07) is 8.76. The Morgan fingerprint density at radius 3 is 2.48 bits per heavy atom. The van der Waals surface area contributed by atoms with Gasteiger partial charge in [0, 0.05) is 26.2 Å². The number of sulfonamides is 1. The molecule has 14 heteroatoms. The van der Waals surface area contributed by atoms with Crippen molar-refractivity contribution < 1.29 is 36.2 Å². The maximum Gasteiger partial charge on any atom is 0.573 e. The Hall–Kier alpha value is -3.20. The number of halogens is 3. The molecule has 228 valence electrons. The van der Waals surface area contributed by atoms with Gasteiger partial charge >= 0.3 is 6.36 Å². The fraction of sp³-hybridized carbons (Fsp3) is 0.429. The number of piperazine rings is 1. The number of aryl methyl sites for hydroxylation is 3. The second-order valence-electron chi connectivity index (χ2n) is 9.99. The number of hydrogen-bond donors (Lipinski definition) is 2. The number of carbonyl (C=O) groups excluding carboxylic acids is 1. The molecule has 0 radical (unpaired) electrons. The van der Waals surface area contributed by atoms with Crippen molar-refractivity contribution in [3.63, 3.8) is 0 Å². The maximum atomic E-state index is 13.7. The third-order valence-electron chi connectivity index (χ3n) is 6.99. The molecule has 1 saturated heterocycles.